The zero-order valence-electron chi connectivity index (χ0n) is 17.4. The molecule has 1 saturated heterocycles. The molecule has 5 heteroatoms. The third kappa shape index (κ3) is 4.76. The van der Waals surface area contributed by atoms with Gasteiger partial charge in [-0.2, -0.15) is 4.98 Å². The van der Waals surface area contributed by atoms with Crippen LogP contribution < -0.4 is 0 Å². The number of rotatable bonds is 5. The molecule has 30 heavy (non-hydrogen) atoms. The molecular formula is C25H30ClN3O. The zero-order valence-corrected chi connectivity index (χ0v) is 18.2. The standard InChI is InChI=1S/C25H29N3O.ClH/c1-2-6-20(7-3-1)21-10-12-22(13-11-21)25-26-24(27-29-25)18-19-14-16-28(17-15-19)23-8-4-5-9-23;/h1-3,6-7,10-13,19,23H,4-5,8-9,14-18H2;1H. The second kappa shape index (κ2) is 9.76. The number of nitrogens with zero attached hydrogens (tertiary/aromatic N) is 3. The van der Waals surface area contributed by atoms with Crippen molar-refractivity contribution < 1.29 is 4.52 Å². The van der Waals surface area contributed by atoms with E-state index in [1.54, 1.807) is 0 Å². The number of piperidine rings is 1. The van der Waals surface area contributed by atoms with E-state index in [1.165, 1.54) is 62.7 Å². The van der Waals surface area contributed by atoms with E-state index in [0.717, 1.165) is 23.9 Å². The summed E-state index contributed by atoms with van der Waals surface area (Å²) in [7, 11) is 0. The molecule has 2 aliphatic rings. The Kier molecular flexibility index (Phi) is 6.86. The van der Waals surface area contributed by atoms with Crippen molar-refractivity contribution in [3.8, 4) is 22.6 Å². The lowest BCUT2D eigenvalue weighted by Gasteiger charge is -2.35. The summed E-state index contributed by atoms with van der Waals surface area (Å²) < 4.78 is 5.57. The minimum absolute atomic E-state index is 0. The molecule has 5 rings (SSSR count). The SMILES string of the molecule is Cl.c1ccc(-c2ccc(-c3nc(CC4CCN(C5CCCC5)CC4)no3)cc2)cc1. The Balaban J connectivity index is 0.00000218. The molecule has 4 nitrogen and oxygen atoms in total. The van der Waals surface area contributed by atoms with Gasteiger partial charge in [-0.3, -0.25) is 0 Å². The molecule has 0 atom stereocenters. The van der Waals surface area contributed by atoms with Crippen molar-refractivity contribution in [2.45, 2.75) is 51.0 Å². The molecule has 0 N–H and O–H groups in total. The van der Waals surface area contributed by atoms with Gasteiger partial charge in [-0.05, 0) is 68.0 Å². The summed E-state index contributed by atoms with van der Waals surface area (Å²) in [6, 6.07) is 19.6. The Bertz CT molecular complexity index is 911. The van der Waals surface area contributed by atoms with E-state index in [1.807, 2.05) is 6.07 Å². The van der Waals surface area contributed by atoms with Crippen molar-refractivity contribution in [1.82, 2.24) is 15.0 Å². The minimum atomic E-state index is 0. The first kappa shape index (κ1) is 21.1. The van der Waals surface area contributed by atoms with Crippen LogP contribution in [-0.4, -0.2) is 34.2 Å². The van der Waals surface area contributed by atoms with Gasteiger partial charge in [0.15, 0.2) is 5.82 Å². The third-order valence-electron chi connectivity index (χ3n) is 6.67. The number of likely N-dealkylation sites (tertiary alicyclic amines) is 1. The van der Waals surface area contributed by atoms with Crippen LogP contribution in [0.25, 0.3) is 22.6 Å². The van der Waals surface area contributed by atoms with Crippen LogP contribution in [0, 0.1) is 5.92 Å². The maximum atomic E-state index is 5.57. The van der Waals surface area contributed by atoms with Gasteiger partial charge >= 0.3 is 0 Å². The molecule has 0 spiro atoms. The van der Waals surface area contributed by atoms with E-state index in [4.69, 9.17) is 4.52 Å². The Morgan fingerprint density at radius 3 is 2.13 bits per heavy atom. The predicted octanol–water partition coefficient (Wildman–Crippen LogP) is 6.02. The average molecular weight is 424 g/mol. The average Bonchev–Trinajstić information content (AvgIpc) is 3.48. The maximum Gasteiger partial charge on any atom is 0.257 e. The van der Waals surface area contributed by atoms with Crippen LogP contribution in [0.3, 0.4) is 0 Å². The van der Waals surface area contributed by atoms with E-state index in [9.17, 15) is 0 Å². The van der Waals surface area contributed by atoms with Gasteiger partial charge in [0, 0.05) is 18.0 Å². The van der Waals surface area contributed by atoms with Gasteiger partial charge in [-0.15, -0.1) is 12.4 Å². The molecular weight excluding hydrogens is 394 g/mol. The van der Waals surface area contributed by atoms with Crippen molar-refractivity contribution in [1.29, 1.82) is 0 Å². The highest BCUT2D eigenvalue weighted by atomic mass is 35.5. The van der Waals surface area contributed by atoms with Gasteiger partial charge in [0.05, 0.1) is 0 Å². The largest absolute Gasteiger partial charge is 0.334 e. The molecule has 158 valence electrons. The number of benzene rings is 2. The molecule has 0 bridgehead atoms. The molecule has 1 aliphatic carbocycles. The lowest BCUT2D eigenvalue weighted by atomic mass is 9.92. The highest BCUT2D eigenvalue weighted by Crippen LogP contribution is 2.29. The topological polar surface area (TPSA) is 42.2 Å². The molecule has 3 aromatic rings. The van der Waals surface area contributed by atoms with Crippen LogP contribution in [0.15, 0.2) is 59.1 Å². The van der Waals surface area contributed by atoms with Crippen LogP contribution in [-0.2, 0) is 6.42 Å². The van der Waals surface area contributed by atoms with Crippen molar-refractivity contribution in [2.75, 3.05) is 13.1 Å². The Hall–Kier alpha value is -2.17. The monoisotopic (exact) mass is 423 g/mol. The molecule has 0 unspecified atom stereocenters. The van der Waals surface area contributed by atoms with E-state index in [-0.39, 0.29) is 12.4 Å². The summed E-state index contributed by atoms with van der Waals surface area (Å²) in [6.07, 6.45) is 9.09. The minimum Gasteiger partial charge on any atom is -0.334 e. The lowest BCUT2D eigenvalue weighted by molar-refractivity contribution is 0.133. The summed E-state index contributed by atoms with van der Waals surface area (Å²) >= 11 is 0. The molecule has 0 amide bonds. The Labute approximate surface area is 185 Å². The fourth-order valence-corrected chi connectivity index (χ4v) is 4.94. The molecule has 1 saturated carbocycles. The van der Waals surface area contributed by atoms with Crippen LogP contribution >= 0.6 is 12.4 Å². The van der Waals surface area contributed by atoms with E-state index >= 15 is 0 Å². The smallest absolute Gasteiger partial charge is 0.257 e. The van der Waals surface area contributed by atoms with Crippen molar-refractivity contribution in [2.24, 2.45) is 5.92 Å². The summed E-state index contributed by atoms with van der Waals surface area (Å²) in [5.74, 6) is 2.16. The number of hydrogen-bond donors (Lipinski definition) is 0. The number of aromatic nitrogens is 2. The first-order valence-corrected chi connectivity index (χ1v) is 11.1. The lowest BCUT2D eigenvalue weighted by Crippen LogP contribution is -2.40. The second-order valence-electron chi connectivity index (χ2n) is 8.58. The van der Waals surface area contributed by atoms with Crippen molar-refractivity contribution in [3.05, 3.63) is 60.4 Å². The van der Waals surface area contributed by atoms with E-state index in [2.05, 4.69) is 63.6 Å². The quantitative estimate of drug-likeness (QED) is 0.503. The molecule has 0 radical (unpaired) electrons. The maximum absolute atomic E-state index is 5.57. The van der Waals surface area contributed by atoms with Crippen LogP contribution in [0.5, 0.6) is 0 Å². The van der Waals surface area contributed by atoms with Gasteiger partial charge in [-0.1, -0.05) is 60.5 Å². The molecule has 2 heterocycles. The molecule has 2 aromatic carbocycles. The Morgan fingerprint density at radius 2 is 1.43 bits per heavy atom. The van der Waals surface area contributed by atoms with Crippen LogP contribution in [0.1, 0.15) is 44.3 Å². The molecule has 1 aliphatic heterocycles. The summed E-state index contributed by atoms with van der Waals surface area (Å²) in [6.45, 7) is 2.47. The first-order chi connectivity index (χ1) is 14.3. The normalized spacial score (nSPS) is 18.4. The number of halogens is 1. The van der Waals surface area contributed by atoms with Crippen LogP contribution in [0.4, 0.5) is 0 Å². The highest BCUT2D eigenvalue weighted by Gasteiger charge is 2.27. The first-order valence-electron chi connectivity index (χ1n) is 11.1. The second-order valence-corrected chi connectivity index (χ2v) is 8.58. The fraction of sp³-hybridized carbons (Fsp3) is 0.440. The molecule has 2 fully saturated rings. The van der Waals surface area contributed by atoms with Crippen molar-refractivity contribution >= 4 is 12.4 Å². The summed E-state index contributed by atoms with van der Waals surface area (Å²) in [5.41, 5.74) is 3.40. The predicted molar refractivity (Wildman–Crippen MR) is 123 cm³/mol. The van der Waals surface area contributed by atoms with E-state index in [0.29, 0.717) is 11.8 Å². The number of hydrogen-bond acceptors (Lipinski definition) is 4. The summed E-state index contributed by atoms with van der Waals surface area (Å²) in [5, 5.41) is 4.26. The van der Waals surface area contributed by atoms with Gasteiger partial charge in [-0.25, -0.2) is 0 Å². The zero-order chi connectivity index (χ0) is 19.5. The van der Waals surface area contributed by atoms with Gasteiger partial charge < -0.3 is 9.42 Å². The van der Waals surface area contributed by atoms with Crippen molar-refractivity contribution in [3.63, 3.8) is 0 Å². The fourth-order valence-electron chi connectivity index (χ4n) is 4.94. The van der Waals surface area contributed by atoms with Gasteiger partial charge in [0.1, 0.15) is 0 Å². The van der Waals surface area contributed by atoms with Gasteiger partial charge in [0.2, 0.25) is 0 Å². The third-order valence-corrected chi connectivity index (χ3v) is 6.67. The van der Waals surface area contributed by atoms with E-state index < -0.39 is 0 Å². The van der Waals surface area contributed by atoms with Gasteiger partial charge in [0.25, 0.3) is 5.89 Å². The Morgan fingerprint density at radius 1 is 0.800 bits per heavy atom. The molecule has 1 aromatic heterocycles. The highest BCUT2D eigenvalue weighted by molar-refractivity contribution is 5.85. The van der Waals surface area contributed by atoms with Crippen LogP contribution in [0.2, 0.25) is 0 Å². The summed E-state index contributed by atoms with van der Waals surface area (Å²) in [4.78, 5) is 7.40.